The summed E-state index contributed by atoms with van der Waals surface area (Å²) in [5, 5.41) is 3.66. The number of amides is 1. The Morgan fingerprint density at radius 1 is 1.16 bits per heavy atom. The molecule has 4 rings (SSSR count). The second-order valence-electron chi connectivity index (χ2n) is 7.27. The van der Waals surface area contributed by atoms with E-state index in [1.807, 2.05) is 0 Å². The molecule has 0 bridgehead atoms. The first kappa shape index (κ1) is 21.7. The minimum atomic E-state index is -4.60. The third kappa shape index (κ3) is 3.88. The third-order valence-corrected chi connectivity index (χ3v) is 5.30. The zero-order valence-corrected chi connectivity index (χ0v) is 17.4. The molecular weight excluding hydrogens is 427 g/mol. The second kappa shape index (κ2) is 8.18. The highest BCUT2D eigenvalue weighted by atomic mass is 19.4. The highest BCUT2D eigenvalue weighted by Gasteiger charge is 2.35. The number of methoxy groups -OCH3 is 1. The molecule has 1 amide bonds. The molecular formula is C22H20F3N3O4. The fraction of sp³-hybridized carbons (Fsp3) is 0.318. The third-order valence-electron chi connectivity index (χ3n) is 5.30. The van der Waals surface area contributed by atoms with Gasteiger partial charge in [-0.05, 0) is 42.7 Å². The number of carbonyl (C=O) groups excluding carboxylic acids is 2. The van der Waals surface area contributed by atoms with Gasteiger partial charge in [-0.15, -0.1) is 0 Å². The van der Waals surface area contributed by atoms with Crippen molar-refractivity contribution in [2.24, 2.45) is 0 Å². The number of pyridine rings is 1. The number of aromatic nitrogens is 2. The summed E-state index contributed by atoms with van der Waals surface area (Å²) >= 11 is 0. The number of ether oxygens (including phenoxy) is 2. The van der Waals surface area contributed by atoms with E-state index in [2.05, 4.69) is 5.10 Å². The van der Waals surface area contributed by atoms with Gasteiger partial charge in [0.1, 0.15) is 6.54 Å². The van der Waals surface area contributed by atoms with Crippen molar-refractivity contribution < 1.29 is 32.2 Å². The van der Waals surface area contributed by atoms with Crippen LogP contribution in [0.5, 0.6) is 5.88 Å². The number of hydrogen-bond donors (Lipinski definition) is 0. The molecule has 0 fully saturated rings. The van der Waals surface area contributed by atoms with Gasteiger partial charge in [0.2, 0.25) is 5.88 Å². The maximum atomic E-state index is 13.2. The lowest BCUT2D eigenvalue weighted by atomic mass is 9.94. The molecule has 168 valence electrons. The van der Waals surface area contributed by atoms with Crippen LogP contribution in [0.2, 0.25) is 0 Å². The Kier molecular flexibility index (Phi) is 5.53. The molecule has 2 aromatic heterocycles. The number of rotatable bonds is 5. The number of alkyl halides is 3. The summed E-state index contributed by atoms with van der Waals surface area (Å²) in [6, 6.07) is 9.27. The van der Waals surface area contributed by atoms with Gasteiger partial charge in [-0.25, -0.2) is 0 Å². The SMILES string of the molecule is CCOC(=O)CN1CCc2cc(-c3ccc(OC)n4nc(C(F)(F)F)cc34)ccc2C1=O. The molecule has 7 nitrogen and oxygen atoms in total. The largest absolute Gasteiger partial charge is 0.481 e. The van der Waals surface area contributed by atoms with Gasteiger partial charge in [0.15, 0.2) is 5.69 Å². The van der Waals surface area contributed by atoms with Crippen LogP contribution in [0, 0.1) is 0 Å². The van der Waals surface area contributed by atoms with Crippen LogP contribution in [-0.4, -0.2) is 53.2 Å². The molecule has 3 heterocycles. The van der Waals surface area contributed by atoms with E-state index in [0.717, 1.165) is 16.1 Å². The molecule has 0 spiro atoms. The highest BCUT2D eigenvalue weighted by Crippen LogP contribution is 2.35. The number of hydrogen-bond acceptors (Lipinski definition) is 5. The fourth-order valence-electron chi connectivity index (χ4n) is 3.81. The van der Waals surface area contributed by atoms with E-state index in [-0.39, 0.29) is 30.5 Å². The van der Waals surface area contributed by atoms with Crippen molar-refractivity contribution in [2.45, 2.75) is 19.5 Å². The molecule has 1 aliphatic heterocycles. The number of esters is 1. The van der Waals surface area contributed by atoms with Gasteiger partial charge >= 0.3 is 12.1 Å². The van der Waals surface area contributed by atoms with Gasteiger partial charge in [0.05, 0.1) is 19.2 Å². The van der Waals surface area contributed by atoms with Gasteiger partial charge in [-0.3, -0.25) is 9.59 Å². The molecule has 0 saturated carbocycles. The average molecular weight is 447 g/mol. The summed E-state index contributed by atoms with van der Waals surface area (Å²) in [6.07, 6.45) is -4.09. The van der Waals surface area contributed by atoms with Gasteiger partial charge in [-0.1, -0.05) is 12.1 Å². The molecule has 3 aromatic rings. The minimum absolute atomic E-state index is 0.122. The van der Waals surface area contributed by atoms with Crippen molar-refractivity contribution in [2.75, 3.05) is 26.8 Å². The molecule has 10 heteroatoms. The predicted molar refractivity (Wildman–Crippen MR) is 108 cm³/mol. The Hall–Kier alpha value is -3.56. The first-order valence-corrected chi connectivity index (χ1v) is 9.95. The van der Waals surface area contributed by atoms with Crippen LogP contribution in [0.15, 0.2) is 36.4 Å². The van der Waals surface area contributed by atoms with E-state index in [9.17, 15) is 22.8 Å². The minimum Gasteiger partial charge on any atom is -0.481 e. The van der Waals surface area contributed by atoms with E-state index >= 15 is 0 Å². The van der Waals surface area contributed by atoms with E-state index in [1.54, 1.807) is 37.3 Å². The van der Waals surface area contributed by atoms with Crippen LogP contribution in [0.1, 0.15) is 28.5 Å². The van der Waals surface area contributed by atoms with Crippen LogP contribution < -0.4 is 4.74 Å². The summed E-state index contributed by atoms with van der Waals surface area (Å²) in [4.78, 5) is 25.9. The number of nitrogens with zero attached hydrogens (tertiary/aromatic N) is 3. The second-order valence-corrected chi connectivity index (χ2v) is 7.27. The predicted octanol–water partition coefficient (Wildman–Crippen LogP) is 3.59. The molecule has 0 unspecified atom stereocenters. The van der Waals surface area contributed by atoms with Gasteiger partial charge in [-0.2, -0.15) is 22.8 Å². The zero-order chi connectivity index (χ0) is 23.0. The van der Waals surface area contributed by atoms with Gasteiger partial charge < -0.3 is 14.4 Å². The average Bonchev–Trinajstić information content (AvgIpc) is 3.21. The van der Waals surface area contributed by atoms with Crippen LogP contribution in [0.4, 0.5) is 13.2 Å². The number of fused-ring (bicyclic) bond motifs is 2. The van der Waals surface area contributed by atoms with E-state index in [0.29, 0.717) is 29.7 Å². The quantitative estimate of drug-likeness (QED) is 0.559. The summed E-state index contributed by atoms with van der Waals surface area (Å²) in [7, 11) is 1.36. The lowest BCUT2D eigenvalue weighted by molar-refractivity contribution is -0.144. The molecule has 32 heavy (non-hydrogen) atoms. The van der Waals surface area contributed by atoms with Gasteiger partial charge in [0, 0.05) is 23.7 Å². The summed E-state index contributed by atoms with van der Waals surface area (Å²) in [5.74, 6) is -0.584. The first-order valence-electron chi connectivity index (χ1n) is 9.95. The van der Waals surface area contributed by atoms with Gasteiger partial charge in [0.25, 0.3) is 5.91 Å². The fourth-order valence-corrected chi connectivity index (χ4v) is 3.81. The summed E-state index contributed by atoms with van der Waals surface area (Å²) < 4.78 is 50.9. The molecule has 0 atom stereocenters. The Bertz CT molecular complexity index is 1200. The van der Waals surface area contributed by atoms with Crippen molar-refractivity contribution in [1.82, 2.24) is 14.5 Å². The maximum absolute atomic E-state index is 13.2. The number of benzene rings is 1. The van der Waals surface area contributed by atoms with Crippen LogP contribution in [0.3, 0.4) is 0 Å². The Balaban J connectivity index is 1.72. The maximum Gasteiger partial charge on any atom is 0.435 e. The van der Waals surface area contributed by atoms with E-state index in [1.165, 1.54) is 12.0 Å². The topological polar surface area (TPSA) is 73.1 Å². The number of carbonyl (C=O) groups is 2. The van der Waals surface area contributed by atoms with E-state index < -0.39 is 17.8 Å². The monoisotopic (exact) mass is 447 g/mol. The van der Waals surface area contributed by atoms with Crippen molar-refractivity contribution in [1.29, 1.82) is 0 Å². The van der Waals surface area contributed by atoms with Crippen molar-refractivity contribution in [3.63, 3.8) is 0 Å². The Labute approximate surface area is 181 Å². The van der Waals surface area contributed by atoms with Crippen molar-refractivity contribution in [3.8, 4) is 17.0 Å². The molecule has 0 saturated heterocycles. The Morgan fingerprint density at radius 3 is 2.59 bits per heavy atom. The lowest BCUT2D eigenvalue weighted by Crippen LogP contribution is -2.41. The highest BCUT2D eigenvalue weighted by molar-refractivity contribution is 5.99. The standard InChI is InChI=1S/C22H20F3N3O4/c1-3-32-20(29)12-27-9-8-14-10-13(4-5-16(14)21(27)30)15-6-7-19(31-2)28-17(15)11-18(26-28)22(23,24)25/h4-7,10-11H,3,8-9,12H2,1-2H3. The lowest BCUT2D eigenvalue weighted by Gasteiger charge is -2.28. The summed E-state index contributed by atoms with van der Waals surface area (Å²) in [5.41, 5.74) is 1.61. The smallest absolute Gasteiger partial charge is 0.435 e. The molecule has 0 aliphatic carbocycles. The van der Waals surface area contributed by atoms with Crippen molar-refractivity contribution >= 4 is 17.4 Å². The number of halogens is 3. The van der Waals surface area contributed by atoms with E-state index in [4.69, 9.17) is 9.47 Å². The van der Waals surface area contributed by atoms with Crippen LogP contribution in [-0.2, 0) is 22.1 Å². The normalized spacial score (nSPS) is 13.9. The molecule has 1 aliphatic rings. The zero-order valence-electron chi connectivity index (χ0n) is 17.4. The molecule has 1 aromatic carbocycles. The van der Waals surface area contributed by atoms with Crippen LogP contribution in [0.25, 0.3) is 16.6 Å². The molecule has 0 N–H and O–H groups in total. The summed E-state index contributed by atoms with van der Waals surface area (Å²) in [6.45, 7) is 2.16. The molecule has 0 radical (unpaired) electrons. The van der Waals surface area contributed by atoms with Crippen molar-refractivity contribution in [3.05, 3.63) is 53.2 Å². The first-order chi connectivity index (χ1) is 15.2. The van der Waals surface area contributed by atoms with Crippen LogP contribution >= 0.6 is 0 Å². The Morgan fingerprint density at radius 2 is 1.91 bits per heavy atom.